The Morgan fingerprint density at radius 3 is 2.48 bits per heavy atom. The Morgan fingerprint density at radius 1 is 0.960 bits per heavy atom. The lowest BCUT2D eigenvalue weighted by Gasteiger charge is -2.13. The predicted molar refractivity (Wildman–Crippen MR) is 103 cm³/mol. The lowest BCUT2D eigenvalue weighted by Crippen LogP contribution is -2.00. The second-order valence-corrected chi connectivity index (χ2v) is 7.02. The molecule has 0 atom stereocenters. The Balaban J connectivity index is 2.10. The van der Waals surface area contributed by atoms with Crippen LogP contribution in [0.5, 0.6) is 5.75 Å². The van der Waals surface area contributed by atoms with E-state index in [1.807, 2.05) is 31.3 Å². The highest BCUT2D eigenvalue weighted by Crippen LogP contribution is 2.38. The van der Waals surface area contributed by atoms with Crippen molar-refractivity contribution in [2.45, 2.75) is 13.8 Å². The van der Waals surface area contributed by atoms with Crippen molar-refractivity contribution >= 4 is 21.6 Å². The van der Waals surface area contributed by atoms with E-state index < -0.39 is 0 Å². The summed E-state index contributed by atoms with van der Waals surface area (Å²) in [6.45, 7) is 3.99. The van der Waals surface area contributed by atoms with Gasteiger partial charge in [-0.25, -0.2) is 9.50 Å². The van der Waals surface area contributed by atoms with Gasteiger partial charge in [-0.3, -0.25) is 0 Å². The van der Waals surface area contributed by atoms with Gasteiger partial charge in [0, 0.05) is 27.9 Å². The van der Waals surface area contributed by atoms with Gasteiger partial charge >= 0.3 is 0 Å². The third kappa shape index (κ3) is 2.81. The minimum atomic E-state index is 0.206. The van der Waals surface area contributed by atoms with Crippen LogP contribution < -0.4 is 0 Å². The average molecular weight is 394 g/mol. The first-order valence-corrected chi connectivity index (χ1v) is 8.73. The molecule has 0 spiro atoms. The first-order valence-electron chi connectivity index (χ1n) is 7.94. The topological polar surface area (TPSA) is 50.4 Å². The fourth-order valence-corrected chi connectivity index (χ4v) is 3.31. The molecule has 5 heteroatoms. The maximum absolute atomic E-state index is 10.5. The highest BCUT2D eigenvalue weighted by atomic mass is 79.9. The Morgan fingerprint density at radius 2 is 1.72 bits per heavy atom. The van der Waals surface area contributed by atoms with Gasteiger partial charge in [0.25, 0.3) is 0 Å². The van der Waals surface area contributed by atoms with Crippen molar-refractivity contribution in [3.8, 4) is 28.1 Å². The maximum Gasteiger partial charge on any atom is 0.155 e. The van der Waals surface area contributed by atoms with E-state index in [0.717, 1.165) is 32.6 Å². The number of aromatic hydroxyl groups is 1. The van der Waals surface area contributed by atoms with Crippen molar-refractivity contribution < 1.29 is 5.11 Å². The Bertz CT molecular complexity index is 1080. The van der Waals surface area contributed by atoms with E-state index in [1.54, 1.807) is 10.6 Å². The van der Waals surface area contributed by atoms with Gasteiger partial charge in [-0.2, -0.15) is 5.10 Å². The van der Waals surface area contributed by atoms with Crippen LogP contribution in [0.3, 0.4) is 0 Å². The molecule has 25 heavy (non-hydrogen) atoms. The quantitative estimate of drug-likeness (QED) is 0.512. The number of aryl methyl sites for hydroxylation is 2. The SMILES string of the molecule is Cc1ccc(-c2cnc3cc(C)nn3c2-c2cc(Br)ccc2O)cc1. The fourth-order valence-electron chi connectivity index (χ4n) is 2.95. The molecule has 0 amide bonds. The lowest BCUT2D eigenvalue weighted by atomic mass is 9.99. The van der Waals surface area contributed by atoms with Gasteiger partial charge < -0.3 is 5.11 Å². The van der Waals surface area contributed by atoms with Gasteiger partial charge in [-0.05, 0) is 37.6 Å². The lowest BCUT2D eigenvalue weighted by molar-refractivity contribution is 0.477. The van der Waals surface area contributed by atoms with Crippen LogP contribution in [0.4, 0.5) is 0 Å². The molecule has 4 nitrogen and oxygen atoms in total. The molecule has 1 N–H and O–H groups in total. The van der Waals surface area contributed by atoms with E-state index in [4.69, 9.17) is 0 Å². The van der Waals surface area contributed by atoms with Crippen LogP contribution in [0.15, 0.2) is 59.2 Å². The molecular weight excluding hydrogens is 378 g/mol. The molecule has 0 unspecified atom stereocenters. The van der Waals surface area contributed by atoms with Crippen molar-refractivity contribution in [1.29, 1.82) is 0 Å². The number of nitrogens with zero attached hydrogens (tertiary/aromatic N) is 3. The van der Waals surface area contributed by atoms with Crippen LogP contribution in [0.25, 0.3) is 28.0 Å². The van der Waals surface area contributed by atoms with Crippen molar-refractivity contribution in [3.63, 3.8) is 0 Å². The summed E-state index contributed by atoms with van der Waals surface area (Å²) in [5.74, 6) is 0.206. The third-order valence-corrected chi connectivity index (χ3v) is 4.68. The number of hydrogen-bond acceptors (Lipinski definition) is 3. The van der Waals surface area contributed by atoms with Crippen LogP contribution in [-0.4, -0.2) is 19.7 Å². The van der Waals surface area contributed by atoms with Crippen molar-refractivity contribution in [2.24, 2.45) is 0 Å². The van der Waals surface area contributed by atoms with E-state index >= 15 is 0 Å². The van der Waals surface area contributed by atoms with Crippen LogP contribution in [0, 0.1) is 13.8 Å². The zero-order chi connectivity index (χ0) is 17.6. The summed E-state index contributed by atoms with van der Waals surface area (Å²) in [5.41, 5.74) is 6.30. The smallest absolute Gasteiger partial charge is 0.155 e. The summed E-state index contributed by atoms with van der Waals surface area (Å²) in [7, 11) is 0. The molecule has 0 aliphatic carbocycles. The van der Waals surface area contributed by atoms with Crippen molar-refractivity contribution in [2.75, 3.05) is 0 Å². The molecule has 0 bridgehead atoms. The molecule has 0 fully saturated rings. The molecular formula is C20H16BrN3O. The van der Waals surface area contributed by atoms with Gasteiger partial charge in [-0.1, -0.05) is 45.8 Å². The number of benzene rings is 2. The number of hydrogen-bond donors (Lipinski definition) is 1. The Labute approximate surface area is 153 Å². The summed E-state index contributed by atoms with van der Waals surface area (Å²) in [4.78, 5) is 4.55. The monoisotopic (exact) mass is 393 g/mol. The van der Waals surface area contributed by atoms with Gasteiger partial charge in [0.1, 0.15) is 5.75 Å². The molecule has 0 saturated heterocycles. The Kier molecular flexibility index (Phi) is 3.81. The molecule has 0 aliphatic heterocycles. The van der Waals surface area contributed by atoms with Gasteiger partial charge in [-0.15, -0.1) is 0 Å². The zero-order valence-electron chi connectivity index (χ0n) is 13.9. The van der Waals surface area contributed by atoms with E-state index in [-0.39, 0.29) is 5.75 Å². The van der Waals surface area contributed by atoms with Crippen molar-refractivity contribution in [3.05, 3.63) is 70.5 Å². The van der Waals surface area contributed by atoms with Crippen LogP contribution >= 0.6 is 15.9 Å². The molecule has 4 aromatic rings. The summed E-state index contributed by atoms with van der Waals surface area (Å²) in [6.07, 6.45) is 1.84. The summed E-state index contributed by atoms with van der Waals surface area (Å²) >= 11 is 3.50. The summed E-state index contributed by atoms with van der Waals surface area (Å²) in [5, 5.41) is 15.1. The van der Waals surface area contributed by atoms with E-state index in [1.165, 1.54) is 5.56 Å². The minimum Gasteiger partial charge on any atom is -0.507 e. The Hall–Kier alpha value is -2.66. The first-order chi connectivity index (χ1) is 12.0. The van der Waals surface area contributed by atoms with Crippen LogP contribution in [-0.2, 0) is 0 Å². The molecule has 2 heterocycles. The number of rotatable bonds is 2. The highest BCUT2D eigenvalue weighted by Gasteiger charge is 2.17. The molecule has 0 aliphatic rings. The molecule has 4 rings (SSSR count). The summed E-state index contributed by atoms with van der Waals surface area (Å²) < 4.78 is 2.69. The standard InChI is InChI=1S/C20H16BrN3O/c1-12-3-5-14(6-4-12)17-11-22-19-9-13(2)23-24(19)20(17)16-10-15(21)7-8-18(16)25/h3-11,25H,1-2H3. The third-order valence-electron chi connectivity index (χ3n) is 4.18. The molecule has 0 saturated carbocycles. The number of halogens is 1. The number of phenolic OH excluding ortho intramolecular Hbond substituents is 1. The molecule has 2 aromatic heterocycles. The normalized spacial score (nSPS) is 11.2. The predicted octanol–water partition coefficient (Wildman–Crippen LogP) is 5.15. The fraction of sp³-hybridized carbons (Fsp3) is 0.100. The number of fused-ring (bicyclic) bond motifs is 1. The number of phenols is 1. The maximum atomic E-state index is 10.5. The van der Waals surface area contributed by atoms with E-state index in [0.29, 0.717) is 5.56 Å². The van der Waals surface area contributed by atoms with Crippen molar-refractivity contribution in [1.82, 2.24) is 14.6 Å². The second-order valence-electron chi connectivity index (χ2n) is 6.10. The largest absolute Gasteiger partial charge is 0.507 e. The van der Waals surface area contributed by atoms with E-state index in [2.05, 4.69) is 57.2 Å². The van der Waals surface area contributed by atoms with Crippen LogP contribution in [0.2, 0.25) is 0 Å². The highest BCUT2D eigenvalue weighted by molar-refractivity contribution is 9.10. The van der Waals surface area contributed by atoms with E-state index in [9.17, 15) is 5.11 Å². The molecule has 124 valence electrons. The number of aromatic nitrogens is 3. The molecule has 2 aromatic carbocycles. The molecule has 0 radical (unpaired) electrons. The van der Waals surface area contributed by atoms with Gasteiger partial charge in [0.05, 0.1) is 11.4 Å². The minimum absolute atomic E-state index is 0.206. The van der Waals surface area contributed by atoms with Crippen LogP contribution in [0.1, 0.15) is 11.3 Å². The van der Waals surface area contributed by atoms with Gasteiger partial charge in [0.2, 0.25) is 0 Å². The summed E-state index contributed by atoms with van der Waals surface area (Å²) in [6, 6.07) is 15.6. The zero-order valence-corrected chi connectivity index (χ0v) is 15.4. The average Bonchev–Trinajstić information content (AvgIpc) is 2.97. The van der Waals surface area contributed by atoms with Gasteiger partial charge in [0.15, 0.2) is 5.65 Å². The second kappa shape index (κ2) is 6.01. The first kappa shape index (κ1) is 15.8.